The van der Waals surface area contributed by atoms with E-state index in [4.69, 9.17) is 11.5 Å². The molecular weight excluding hydrogens is 76.1 g/mol. The van der Waals surface area contributed by atoms with E-state index in [0.29, 0.717) is 6.17 Å². The molecule has 0 amide bonds. The molecule has 0 aliphatic carbocycles. The molecule has 0 heterocycles. The number of hydrogen-bond donors (Lipinski definition) is 2. The van der Waals surface area contributed by atoms with Crippen molar-refractivity contribution in [3.63, 3.8) is 0 Å². The maximum Gasteiger partial charge on any atom is 0.0955 e. The number of nitrogens with two attached hydrogens (primary N) is 2. The maximum absolute atomic E-state index is 5.10. The highest BCUT2D eigenvalue weighted by Gasteiger charge is 1.87. The van der Waals surface area contributed by atoms with Gasteiger partial charge >= 0.3 is 0 Å². The molecule has 2 heteroatoms. The van der Waals surface area contributed by atoms with E-state index in [1.54, 1.807) is 0 Å². The zero-order valence-electron chi connectivity index (χ0n) is 4.07. The van der Waals surface area contributed by atoms with Gasteiger partial charge in [0.2, 0.25) is 0 Å². The zero-order chi connectivity index (χ0) is 4.99. The van der Waals surface area contributed by atoms with Gasteiger partial charge in [0.25, 0.3) is 0 Å². The van der Waals surface area contributed by atoms with Crippen LogP contribution in [0.2, 0.25) is 0 Å². The third-order valence-electron chi connectivity index (χ3n) is 0.539. The predicted octanol–water partition coefficient (Wildman–Crippen LogP) is 0.193. The minimum absolute atomic E-state index is 0.539. The molecule has 0 aliphatic heterocycles. The van der Waals surface area contributed by atoms with E-state index < -0.39 is 0 Å². The Kier molecular flexibility index (Phi) is 3.08. The van der Waals surface area contributed by atoms with Crippen LogP contribution in [-0.4, -0.2) is 0 Å². The van der Waals surface area contributed by atoms with Crippen LogP contribution in [0.3, 0.4) is 0 Å². The molecule has 2 nitrogen and oxygen atoms in total. The third kappa shape index (κ3) is 3.92. The van der Waals surface area contributed by atoms with Gasteiger partial charge in [0, 0.05) is 0 Å². The van der Waals surface area contributed by atoms with Crippen LogP contribution >= 0.6 is 0 Å². The fourth-order valence-corrected chi connectivity index (χ4v) is 0.289. The molecule has 0 spiro atoms. The summed E-state index contributed by atoms with van der Waals surface area (Å²) < 4.78 is 0. The summed E-state index contributed by atoms with van der Waals surface area (Å²) in [4.78, 5) is 0. The van der Waals surface area contributed by atoms with Gasteiger partial charge in [-0.1, -0.05) is 13.3 Å². The average Bonchev–Trinajstić information content (AvgIpc) is 1.35. The van der Waals surface area contributed by atoms with Crippen molar-refractivity contribution in [2.75, 3.05) is 0 Å². The van der Waals surface area contributed by atoms with Gasteiger partial charge in [-0.05, 0) is 6.42 Å². The average molecular weight is 87.1 g/mol. The van der Waals surface area contributed by atoms with Crippen LogP contribution in [0.4, 0.5) is 0 Å². The summed E-state index contributed by atoms with van der Waals surface area (Å²) in [6.45, 7) is 2.04. The lowest BCUT2D eigenvalue weighted by Gasteiger charge is -1.95. The highest BCUT2D eigenvalue weighted by atomic mass is 14.8. The van der Waals surface area contributed by atoms with Crippen molar-refractivity contribution in [3.8, 4) is 0 Å². The Labute approximate surface area is 38.5 Å². The Morgan fingerprint density at radius 2 is 2.00 bits per heavy atom. The summed E-state index contributed by atoms with van der Waals surface area (Å²) >= 11 is 0. The first-order valence-corrected chi connectivity index (χ1v) is 2.14. The van der Waals surface area contributed by atoms with E-state index in [-0.39, 0.29) is 0 Å². The van der Waals surface area contributed by atoms with Crippen LogP contribution in [0, 0.1) is 6.17 Å². The Morgan fingerprint density at radius 1 is 1.50 bits per heavy atom. The fourth-order valence-electron chi connectivity index (χ4n) is 0.289. The maximum atomic E-state index is 5.10. The third-order valence-corrected chi connectivity index (χ3v) is 0.539. The molecular formula is C4H11N2. The quantitative estimate of drug-likeness (QED) is 0.505. The summed E-state index contributed by atoms with van der Waals surface area (Å²) in [6.07, 6.45) is 2.43. The summed E-state index contributed by atoms with van der Waals surface area (Å²) in [6, 6.07) is 0. The second-order valence-corrected chi connectivity index (χ2v) is 1.32. The van der Waals surface area contributed by atoms with Crippen LogP contribution in [0.25, 0.3) is 0 Å². The van der Waals surface area contributed by atoms with Gasteiger partial charge in [0.1, 0.15) is 0 Å². The molecule has 0 atom stereocenters. The molecule has 0 saturated heterocycles. The highest BCUT2D eigenvalue weighted by Crippen LogP contribution is 1.89. The molecule has 0 aromatic carbocycles. The highest BCUT2D eigenvalue weighted by molar-refractivity contribution is 4.69. The predicted molar refractivity (Wildman–Crippen MR) is 26.5 cm³/mol. The first-order valence-electron chi connectivity index (χ1n) is 2.14. The molecule has 0 fully saturated rings. The molecule has 0 aromatic rings. The first-order chi connectivity index (χ1) is 2.77. The number of rotatable bonds is 2. The smallest absolute Gasteiger partial charge is 0.0955 e. The Balaban J connectivity index is 2.63. The Hall–Kier alpha value is -0.0800. The second kappa shape index (κ2) is 3.12. The number of hydrogen-bond acceptors (Lipinski definition) is 2. The summed E-state index contributed by atoms with van der Waals surface area (Å²) in [5.74, 6) is 0. The van der Waals surface area contributed by atoms with Gasteiger partial charge in [0.05, 0.1) is 6.17 Å². The van der Waals surface area contributed by atoms with Crippen LogP contribution in [0.15, 0.2) is 0 Å². The van der Waals surface area contributed by atoms with E-state index in [2.05, 4.69) is 0 Å². The van der Waals surface area contributed by atoms with Gasteiger partial charge in [0.15, 0.2) is 0 Å². The first kappa shape index (κ1) is 5.92. The largest absolute Gasteiger partial charge is 0.311 e. The van der Waals surface area contributed by atoms with Crippen molar-refractivity contribution >= 4 is 0 Å². The van der Waals surface area contributed by atoms with E-state index >= 15 is 0 Å². The van der Waals surface area contributed by atoms with E-state index in [0.717, 1.165) is 12.8 Å². The molecule has 4 N–H and O–H groups in total. The molecule has 0 aromatic heterocycles. The molecule has 1 radical (unpaired) electrons. The van der Waals surface area contributed by atoms with Crippen LogP contribution in [0.1, 0.15) is 19.8 Å². The van der Waals surface area contributed by atoms with Crippen molar-refractivity contribution < 1.29 is 0 Å². The van der Waals surface area contributed by atoms with Crippen LogP contribution in [0.5, 0.6) is 0 Å². The monoisotopic (exact) mass is 87.1 g/mol. The lowest BCUT2D eigenvalue weighted by Crippen LogP contribution is -2.19. The summed E-state index contributed by atoms with van der Waals surface area (Å²) in [5, 5.41) is 0. The van der Waals surface area contributed by atoms with E-state index in [1.807, 2.05) is 6.92 Å². The van der Waals surface area contributed by atoms with Crippen LogP contribution in [-0.2, 0) is 0 Å². The molecule has 0 aliphatic rings. The van der Waals surface area contributed by atoms with Crippen molar-refractivity contribution in [2.45, 2.75) is 19.8 Å². The molecule has 37 valence electrons. The van der Waals surface area contributed by atoms with Crippen molar-refractivity contribution in [2.24, 2.45) is 11.5 Å². The van der Waals surface area contributed by atoms with Crippen molar-refractivity contribution in [1.29, 1.82) is 0 Å². The molecule has 6 heavy (non-hydrogen) atoms. The summed E-state index contributed by atoms with van der Waals surface area (Å²) in [7, 11) is 0. The second-order valence-electron chi connectivity index (χ2n) is 1.32. The van der Waals surface area contributed by atoms with Gasteiger partial charge in [-0.25, -0.2) is 0 Å². The Morgan fingerprint density at radius 3 is 2.00 bits per heavy atom. The van der Waals surface area contributed by atoms with Crippen molar-refractivity contribution in [3.05, 3.63) is 6.17 Å². The minimum atomic E-state index is 0.539. The van der Waals surface area contributed by atoms with Crippen molar-refractivity contribution in [1.82, 2.24) is 0 Å². The van der Waals surface area contributed by atoms with Gasteiger partial charge < -0.3 is 11.5 Å². The molecule has 0 unspecified atom stereocenters. The normalized spacial score (nSPS) is 10.0. The topological polar surface area (TPSA) is 52.0 Å². The Bertz CT molecular complexity index is 26.7. The van der Waals surface area contributed by atoms with E-state index in [1.165, 1.54) is 0 Å². The molecule has 0 bridgehead atoms. The lowest BCUT2D eigenvalue weighted by atomic mass is 10.3. The zero-order valence-corrected chi connectivity index (χ0v) is 4.07. The van der Waals surface area contributed by atoms with Gasteiger partial charge in [-0.2, -0.15) is 0 Å². The van der Waals surface area contributed by atoms with Gasteiger partial charge in [-0.3, -0.25) is 0 Å². The summed E-state index contributed by atoms with van der Waals surface area (Å²) in [5.41, 5.74) is 10.2. The molecule has 0 saturated carbocycles. The lowest BCUT2D eigenvalue weighted by molar-refractivity contribution is 0.767. The van der Waals surface area contributed by atoms with Crippen LogP contribution < -0.4 is 11.5 Å². The SMILES string of the molecule is CCC[C](N)N. The standard InChI is InChI=1S/C4H11N2/c1-2-3-4(5)6/h2-3,5-6H2,1H3. The van der Waals surface area contributed by atoms with E-state index in [9.17, 15) is 0 Å². The molecule has 0 rings (SSSR count). The fraction of sp³-hybridized carbons (Fsp3) is 0.750. The minimum Gasteiger partial charge on any atom is -0.311 e. The van der Waals surface area contributed by atoms with Gasteiger partial charge in [-0.15, -0.1) is 0 Å².